The third-order valence-electron chi connectivity index (χ3n) is 8.18. The number of morpholine rings is 1. The molecule has 6 rings (SSSR count). The zero-order chi connectivity index (χ0) is 32.4. The molecule has 0 bridgehead atoms. The molecule has 1 amide bonds. The number of sulfonamides is 1. The number of para-hydroxylation sites is 1. The SMILES string of the molecule is CCOC(=O)C1CCN(C2=NC(=O)C(=Cc3cn(-c4ccccc4)nc3-c3cccc(S(=O)(=O)N4CC(C)OC(C)C4)c3)S2)CC1. The number of benzene rings is 2. The highest BCUT2D eigenvalue weighted by molar-refractivity contribution is 8.18. The van der Waals surface area contributed by atoms with Gasteiger partial charge in [0, 0.05) is 43.5 Å². The van der Waals surface area contributed by atoms with Crippen molar-refractivity contribution >= 4 is 44.9 Å². The summed E-state index contributed by atoms with van der Waals surface area (Å²) < 4.78 is 41.6. The van der Waals surface area contributed by atoms with Gasteiger partial charge in [-0.1, -0.05) is 30.3 Å². The number of carbonyl (C=O) groups is 2. The monoisotopic (exact) mass is 663 g/mol. The molecule has 3 aliphatic rings. The van der Waals surface area contributed by atoms with Crippen molar-refractivity contribution in [1.82, 2.24) is 19.0 Å². The zero-order valence-electron chi connectivity index (χ0n) is 26.0. The fourth-order valence-electron chi connectivity index (χ4n) is 5.95. The number of carbonyl (C=O) groups excluding carboxylic acids is 2. The molecule has 46 heavy (non-hydrogen) atoms. The third-order valence-corrected chi connectivity index (χ3v) is 11.0. The first kappa shape index (κ1) is 32.2. The Morgan fingerprint density at radius 3 is 2.48 bits per heavy atom. The van der Waals surface area contributed by atoms with E-state index in [2.05, 4.69) is 4.99 Å². The number of likely N-dealkylation sites (tertiary alicyclic amines) is 1. The number of aliphatic imine (C=N–C) groups is 1. The Hall–Kier alpha value is -3.78. The van der Waals surface area contributed by atoms with Crippen molar-refractivity contribution in [2.75, 3.05) is 32.8 Å². The number of hydrogen-bond acceptors (Lipinski definition) is 9. The number of amides is 1. The number of hydrogen-bond donors (Lipinski definition) is 0. The van der Waals surface area contributed by atoms with Crippen LogP contribution in [0.5, 0.6) is 0 Å². The Balaban J connectivity index is 1.29. The Bertz CT molecular complexity index is 1770. The van der Waals surface area contributed by atoms with Crippen molar-refractivity contribution in [2.24, 2.45) is 10.9 Å². The lowest BCUT2D eigenvalue weighted by molar-refractivity contribution is -0.149. The molecule has 2 unspecified atom stereocenters. The van der Waals surface area contributed by atoms with E-state index in [1.54, 1.807) is 35.9 Å². The van der Waals surface area contributed by atoms with E-state index in [9.17, 15) is 18.0 Å². The normalized spacial score (nSPS) is 22.3. The van der Waals surface area contributed by atoms with Crippen molar-refractivity contribution in [1.29, 1.82) is 0 Å². The third kappa shape index (κ3) is 6.82. The summed E-state index contributed by atoms with van der Waals surface area (Å²) in [5.74, 6) is -0.665. The van der Waals surface area contributed by atoms with Crippen LogP contribution in [0.3, 0.4) is 0 Å². The van der Waals surface area contributed by atoms with Crippen LogP contribution in [-0.4, -0.2) is 89.4 Å². The first-order valence-corrected chi connectivity index (χ1v) is 17.7. The van der Waals surface area contributed by atoms with E-state index in [-0.39, 0.29) is 48.0 Å². The molecule has 11 nitrogen and oxygen atoms in total. The smallest absolute Gasteiger partial charge is 0.309 e. The molecular formula is C33H37N5O6S2. The van der Waals surface area contributed by atoms with E-state index < -0.39 is 10.0 Å². The van der Waals surface area contributed by atoms with Gasteiger partial charge in [0.1, 0.15) is 5.69 Å². The van der Waals surface area contributed by atoms with E-state index >= 15 is 0 Å². The van der Waals surface area contributed by atoms with Gasteiger partial charge in [0.15, 0.2) is 5.17 Å². The molecule has 2 fully saturated rings. The molecule has 0 N–H and O–H groups in total. The molecular weight excluding hydrogens is 627 g/mol. The fourth-order valence-corrected chi connectivity index (χ4v) is 8.54. The topological polar surface area (TPSA) is 123 Å². The van der Waals surface area contributed by atoms with Gasteiger partial charge in [-0.05, 0) is 75.7 Å². The largest absolute Gasteiger partial charge is 0.466 e. The van der Waals surface area contributed by atoms with Gasteiger partial charge >= 0.3 is 5.97 Å². The van der Waals surface area contributed by atoms with Crippen molar-refractivity contribution in [3.63, 3.8) is 0 Å². The molecule has 0 spiro atoms. The minimum absolute atomic E-state index is 0.144. The number of thioether (sulfide) groups is 1. The number of ether oxygens (including phenoxy) is 2. The predicted octanol–water partition coefficient (Wildman–Crippen LogP) is 4.58. The van der Waals surface area contributed by atoms with E-state index in [0.29, 0.717) is 59.4 Å². The van der Waals surface area contributed by atoms with E-state index in [1.165, 1.54) is 16.1 Å². The van der Waals surface area contributed by atoms with Crippen LogP contribution in [0, 0.1) is 5.92 Å². The Labute approximate surface area is 273 Å². The van der Waals surface area contributed by atoms with Crippen LogP contribution >= 0.6 is 11.8 Å². The summed E-state index contributed by atoms with van der Waals surface area (Å²) in [6.07, 6.45) is 4.46. The van der Waals surface area contributed by atoms with Crippen LogP contribution in [0.2, 0.25) is 0 Å². The summed E-state index contributed by atoms with van der Waals surface area (Å²) in [7, 11) is -3.79. The summed E-state index contributed by atoms with van der Waals surface area (Å²) in [5.41, 5.74) is 2.62. The maximum Gasteiger partial charge on any atom is 0.309 e. The highest BCUT2D eigenvalue weighted by atomic mass is 32.2. The predicted molar refractivity (Wildman–Crippen MR) is 177 cm³/mol. The Morgan fingerprint density at radius 2 is 1.78 bits per heavy atom. The van der Waals surface area contributed by atoms with Crippen molar-refractivity contribution in [3.05, 3.63) is 71.3 Å². The molecule has 0 radical (unpaired) electrons. The Kier molecular flexibility index (Phi) is 9.46. The summed E-state index contributed by atoms with van der Waals surface area (Å²) >= 11 is 1.30. The summed E-state index contributed by atoms with van der Waals surface area (Å²) in [4.78, 5) is 32.3. The minimum Gasteiger partial charge on any atom is -0.466 e. The standard InChI is InChI=1S/C33H37N5O6S2/c1-4-43-32(40)24-13-15-36(16-14-24)33-34-31(39)29(45-33)18-26-21-38(27-10-6-5-7-11-27)35-30(26)25-9-8-12-28(17-25)46(41,42)37-19-22(2)44-23(3)20-37/h5-12,17-18,21-24H,4,13-16,19-20H2,1-3H3. The van der Waals surface area contributed by atoms with Gasteiger partial charge in [0.2, 0.25) is 10.0 Å². The number of aromatic nitrogens is 2. The number of esters is 1. The average Bonchev–Trinajstić information content (AvgIpc) is 3.65. The van der Waals surface area contributed by atoms with Crippen molar-refractivity contribution < 1.29 is 27.5 Å². The average molecular weight is 664 g/mol. The van der Waals surface area contributed by atoms with Gasteiger partial charge in [0.05, 0.1) is 40.2 Å². The lowest BCUT2D eigenvalue weighted by Crippen LogP contribution is -2.48. The summed E-state index contributed by atoms with van der Waals surface area (Å²) in [6.45, 7) is 7.67. The van der Waals surface area contributed by atoms with Gasteiger partial charge in [-0.2, -0.15) is 14.4 Å². The molecule has 3 aliphatic heterocycles. The van der Waals surface area contributed by atoms with Crippen LogP contribution in [-0.2, 0) is 29.1 Å². The summed E-state index contributed by atoms with van der Waals surface area (Å²) in [6, 6.07) is 16.4. The fraction of sp³-hybridized carbons (Fsp3) is 0.394. The van der Waals surface area contributed by atoms with Gasteiger partial charge in [-0.3, -0.25) is 9.59 Å². The molecule has 0 saturated carbocycles. The molecule has 2 atom stereocenters. The second-order valence-electron chi connectivity index (χ2n) is 11.6. The minimum atomic E-state index is -3.79. The van der Waals surface area contributed by atoms with Gasteiger partial charge in [-0.15, -0.1) is 0 Å². The van der Waals surface area contributed by atoms with Crippen molar-refractivity contribution in [3.8, 4) is 16.9 Å². The second kappa shape index (κ2) is 13.5. The number of rotatable bonds is 7. The lowest BCUT2D eigenvalue weighted by atomic mass is 9.97. The van der Waals surface area contributed by atoms with Gasteiger partial charge in [0.25, 0.3) is 5.91 Å². The molecule has 1 aromatic heterocycles. The van der Waals surface area contributed by atoms with E-state index in [1.807, 2.05) is 61.3 Å². The highest BCUT2D eigenvalue weighted by Crippen LogP contribution is 2.35. The first-order chi connectivity index (χ1) is 22.1. The van der Waals surface area contributed by atoms with Gasteiger partial charge < -0.3 is 14.4 Å². The van der Waals surface area contributed by atoms with Gasteiger partial charge in [-0.25, -0.2) is 13.1 Å². The van der Waals surface area contributed by atoms with Crippen LogP contribution in [0.1, 0.15) is 39.2 Å². The quantitative estimate of drug-likeness (QED) is 0.264. The van der Waals surface area contributed by atoms with E-state index in [0.717, 1.165) is 5.69 Å². The summed E-state index contributed by atoms with van der Waals surface area (Å²) in [5, 5.41) is 5.47. The molecule has 2 saturated heterocycles. The highest BCUT2D eigenvalue weighted by Gasteiger charge is 2.34. The number of nitrogens with zero attached hydrogens (tertiary/aromatic N) is 5. The lowest BCUT2D eigenvalue weighted by Gasteiger charge is -2.34. The molecule has 0 aliphatic carbocycles. The Morgan fingerprint density at radius 1 is 1.07 bits per heavy atom. The molecule has 4 heterocycles. The van der Waals surface area contributed by atoms with Crippen LogP contribution < -0.4 is 0 Å². The molecule has 242 valence electrons. The number of amidine groups is 1. The number of piperidine rings is 1. The zero-order valence-corrected chi connectivity index (χ0v) is 27.7. The van der Waals surface area contributed by atoms with E-state index in [4.69, 9.17) is 14.6 Å². The van der Waals surface area contributed by atoms with Crippen LogP contribution in [0.25, 0.3) is 23.0 Å². The maximum absolute atomic E-state index is 13.7. The maximum atomic E-state index is 13.7. The first-order valence-electron chi connectivity index (χ1n) is 15.5. The molecule has 3 aromatic rings. The molecule has 2 aromatic carbocycles. The second-order valence-corrected chi connectivity index (χ2v) is 14.6. The van der Waals surface area contributed by atoms with Crippen LogP contribution in [0.15, 0.2) is 75.6 Å². The molecule has 13 heteroatoms. The van der Waals surface area contributed by atoms with Crippen LogP contribution in [0.4, 0.5) is 0 Å². The van der Waals surface area contributed by atoms with Crippen molar-refractivity contribution in [2.45, 2.75) is 50.7 Å².